The second kappa shape index (κ2) is 6.58. The van der Waals surface area contributed by atoms with Gasteiger partial charge in [-0.1, -0.05) is 0 Å². The van der Waals surface area contributed by atoms with Crippen LogP contribution in [0.1, 0.15) is 12.8 Å². The number of halogens is 1. The van der Waals surface area contributed by atoms with Gasteiger partial charge in [-0.2, -0.15) is 0 Å². The van der Waals surface area contributed by atoms with Crippen molar-refractivity contribution in [3.63, 3.8) is 0 Å². The summed E-state index contributed by atoms with van der Waals surface area (Å²) in [5, 5.41) is 3.33. The van der Waals surface area contributed by atoms with Crippen molar-refractivity contribution in [3.8, 4) is 6.01 Å². The fourth-order valence-electron chi connectivity index (χ4n) is 1.60. The molecule has 0 radical (unpaired) electrons. The van der Waals surface area contributed by atoms with E-state index in [1.807, 2.05) is 0 Å². The highest BCUT2D eigenvalue weighted by molar-refractivity contribution is 5.85. The Balaban J connectivity index is 0.00000112. The third-order valence-electron chi connectivity index (χ3n) is 2.45. The van der Waals surface area contributed by atoms with Crippen molar-refractivity contribution in [2.45, 2.75) is 12.8 Å². The van der Waals surface area contributed by atoms with E-state index in [1.54, 1.807) is 18.5 Å². The van der Waals surface area contributed by atoms with Crippen LogP contribution in [0.4, 0.5) is 0 Å². The molecule has 0 bridgehead atoms. The fourth-order valence-corrected chi connectivity index (χ4v) is 1.60. The van der Waals surface area contributed by atoms with Crippen molar-refractivity contribution in [1.82, 2.24) is 15.3 Å². The Kier molecular flexibility index (Phi) is 5.36. The minimum absolute atomic E-state index is 0. The summed E-state index contributed by atoms with van der Waals surface area (Å²) >= 11 is 0. The maximum Gasteiger partial charge on any atom is 0.316 e. The molecule has 1 fully saturated rings. The maximum absolute atomic E-state index is 5.50. The molecule has 0 aliphatic carbocycles. The Bertz CT molecular complexity index is 265. The summed E-state index contributed by atoms with van der Waals surface area (Å²) in [6, 6.07) is 2.28. The fraction of sp³-hybridized carbons (Fsp3) is 0.600. The summed E-state index contributed by atoms with van der Waals surface area (Å²) in [4.78, 5) is 8.03. The van der Waals surface area contributed by atoms with Gasteiger partial charge in [0.25, 0.3) is 0 Å². The molecule has 84 valence electrons. The SMILES string of the molecule is Cl.c1cnc(OCC2CCNCC2)nc1. The summed E-state index contributed by atoms with van der Waals surface area (Å²) in [5.41, 5.74) is 0. The van der Waals surface area contributed by atoms with Gasteiger partial charge < -0.3 is 10.1 Å². The number of rotatable bonds is 3. The molecule has 15 heavy (non-hydrogen) atoms. The third kappa shape index (κ3) is 4.01. The summed E-state index contributed by atoms with van der Waals surface area (Å²) in [6.45, 7) is 2.94. The Hall–Kier alpha value is -0.870. The van der Waals surface area contributed by atoms with Crippen LogP contribution in [-0.4, -0.2) is 29.7 Å². The van der Waals surface area contributed by atoms with Crippen LogP contribution in [0.2, 0.25) is 0 Å². The number of nitrogens with one attached hydrogen (secondary N) is 1. The monoisotopic (exact) mass is 229 g/mol. The first-order valence-electron chi connectivity index (χ1n) is 5.05. The molecule has 1 N–H and O–H groups in total. The zero-order valence-electron chi connectivity index (χ0n) is 8.56. The van der Waals surface area contributed by atoms with E-state index in [4.69, 9.17) is 4.74 Å². The number of aromatic nitrogens is 2. The predicted molar refractivity (Wildman–Crippen MR) is 60.4 cm³/mol. The molecular formula is C10H16ClN3O. The lowest BCUT2D eigenvalue weighted by Gasteiger charge is -2.21. The molecule has 0 saturated carbocycles. The number of piperidine rings is 1. The van der Waals surface area contributed by atoms with Gasteiger partial charge in [-0.3, -0.25) is 0 Å². The van der Waals surface area contributed by atoms with E-state index in [1.165, 1.54) is 12.8 Å². The lowest BCUT2D eigenvalue weighted by molar-refractivity contribution is 0.202. The molecule has 1 aromatic rings. The minimum atomic E-state index is 0. The molecule has 0 atom stereocenters. The van der Waals surface area contributed by atoms with Crippen molar-refractivity contribution in [2.75, 3.05) is 19.7 Å². The van der Waals surface area contributed by atoms with Gasteiger partial charge in [0.1, 0.15) is 0 Å². The number of ether oxygens (including phenoxy) is 1. The zero-order valence-corrected chi connectivity index (χ0v) is 9.37. The summed E-state index contributed by atoms with van der Waals surface area (Å²) in [5.74, 6) is 0.653. The van der Waals surface area contributed by atoms with Gasteiger partial charge in [0.2, 0.25) is 0 Å². The van der Waals surface area contributed by atoms with E-state index in [0.29, 0.717) is 11.9 Å². The summed E-state index contributed by atoms with van der Waals surface area (Å²) in [7, 11) is 0. The van der Waals surface area contributed by atoms with Gasteiger partial charge >= 0.3 is 6.01 Å². The molecule has 0 spiro atoms. The lowest BCUT2D eigenvalue weighted by Crippen LogP contribution is -2.30. The van der Waals surface area contributed by atoms with Crippen molar-refractivity contribution in [3.05, 3.63) is 18.5 Å². The highest BCUT2D eigenvalue weighted by Gasteiger charge is 2.13. The van der Waals surface area contributed by atoms with E-state index in [9.17, 15) is 0 Å². The van der Waals surface area contributed by atoms with E-state index in [0.717, 1.165) is 19.7 Å². The predicted octanol–water partition coefficient (Wildman–Crippen LogP) is 1.28. The van der Waals surface area contributed by atoms with Gasteiger partial charge in [-0.15, -0.1) is 12.4 Å². The van der Waals surface area contributed by atoms with E-state index < -0.39 is 0 Å². The normalized spacial score (nSPS) is 16.8. The Morgan fingerprint density at radius 2 is 1.93 bits per heavy atom. The molecule has 4 nitrogen and oxygen atoms in total. The number of hydrogen-bond donors (Lipinski definition) is 1. The zero-order chi connectivity index (χ0) is 9.64. The van der Waals surface area contributed by atoms with Crippen LogP contribution in [0.15, 0.2) is 18.5 Å². The molecular weight excluding hydrogens is 214 g/mol. The van der Waals surface area contributed by atoms with E-state index in [-0.39, 0.29) is 12.4 Å². The van der Waals surface area contributed by atoms with Crippen molar-refractivity contribution >= 4 is 12.4 Å². The van der Waals surface area contributed by atoms with Crippen LogP contribution in [0.5, 0.6) is 6.01 Å². The molecule has 2 rings (SSSR count). The lowest BCUT2D eigenvalue weighted by atomic mass is 9.99. The first-order valence-corrected chi connectivity index (χ1v) is 5.05. The largest absolute Gasteiger partial charge is 0.463 e. The minimum Gasteiger partial charge on any atom is -0.463 e. The molecule has 1 saturated heterocycles. The molecule has 1 aliphatic rings. The molecule has 1 aliphatic heterocycles. The maximum atomic E-state index is 5.50. The number of hydrogen-bond acceptors (Lipinski definition) is 4. The number of nitrogens with zero attached hydrogens (tertiary/aromatic N) is 2. The second-order valence-corrected chi connectivity index (χ2v) is 3.54. The highest BCUT2D eigenvalue weighted by Crippen LogP contribution is 2.12. The van der Waals surface area contributed by atoms with Crippen molar-refractivity contribution in [1.29, 1.82) is 0 Å². The molecule has 0 aromatic carbocycles. The van der Waals surface area contributed by atoms with Crippen molar-refractivity contribution in [2.24, 2.45) is 5.92 Å². The van der Waals surface area contributed by atoms with Crippen molar-refractivity contribution < 1.29 is 4.74 Å². The van der Waals surface area contributed by atoms with Crippen LogP contribution in [0.3, 0.4) is 0 Å². The molecule has 1 aromatic heterocycles. The first kappa shape index (κ1) is 12.2. The Labute approximate surface area is 95.9 Å². The summed E-state index contributed by atoms with van der Waals surface area (Å²) < 4.78 is 5.50. The average molecular weight is 230 g/mol. The van der Waals surface area contributed by atoms with Gasteiger partial charge in [0.05, 0.1) is 6.61 Å². The Morgan fingerprint density at radius 1 is 1.27 bits per heavy atom. The standard InChI is InChI=1S/C10H15N3O.ClH/c1-4-12-10(13-5-1)14-8-9-2-6-11-7-3-9;/h1,4-5,9,11H,2-3,6-8H2;1H. The van der Waals surface area contributed by atoms with E-state index in [2.05, 4.69) is 15.3 Å². The quantitative estimate of drug-likeness (QED) is 0.848. The van der Waals surface area contributed by atoms with Gasteiger partial charge in [-0.25, -0.2) is 9.97 Å². The summed E-state index contributed by atoms with van der Waals surface area (Å²) in [6.07, 6.45) is 5.77. The van der Waals surface area contributed by atoms with Crippen LogP contribution in [0.25, 0.3) is 0 Å². The van der Waals surface area contributed by atoms with Crippen LogP contribution < -0.4 is 10.1 Å². The smallest absolute Gasteiger partial charge is 0.316 e. The van der Waals surface area contributed by atoms with Crippen LogP contribution in [0, 0.1) is 5.92 Å². The van der Waals surface area contributed by atoms with Gasteiger partial charge in [0, 0.05) is 12.4 Å². The Morgan fingerprint density at radius 3 is 2.60 bits per heavy atom. The third-order valence-corrected chi connectivity index (χ3v) is 2.45. The molecule has 2 heterocycles. The van der Waals surface area contributed by atoms with Crippen LogP contribution in [-0.2, 0) is 0 Å². The van der Waals surface area contributed by atoms with Crippen LogP contribution >= 0.6 is 12.4 Å². The average Bonchev–Trinajstić information content (AvgIpc) is 2.29. The molecule has 0 amide bonds. The highest BCUT2D eigenvalue weighted by atomic mass is 35.5. The second-order valence-electron chi connectivity index (χ2n) is 3.54. The van der Waals surface area contributed by atoms with Gasteiger partial charge in [0.15, 0.2) is 0 Å². The van der Waals surface area contributed by atoms with Gasteiger partial charge in [-0.05, 0) is 37.9 Å². The van der Waals surface area contributed by atoms with E-state index >= 15 is 0 Å². The molecule has 0 unspecified atom stereocenters. The first-order chi connectivity index (χ1) is 6.95. The molecule has 5 heteroatoms. The topological polar surface area (TPSA) is 47.0 Å².